The average molecular weight is 278 g/mol. The number of nitrogens with zero attached hydrogens (tertiary/aromatic N) is 2. The Bertz CT molecular complexity index is 779. The van der Waals surface area contributed by atoms with Crippen molar-refractivity contribution in [3.63, 3.8) is 0 Å². The normalized spacial score (nSPS) is 10.6. The maximum Gasteiger partial charge on any atom is 0.212 e. The third kappa shape index (κ3) is 2.68. The van der Waals surface area contributed by atoms with Crippen LogP contribution in [-0.4, -0.2) is 9.97 Å². The highest BCUT2D eigenvalue weighted by Gasteiger charge is 2.07. The van der Waals surface area contributed by atoms with Crippen molar-refractivity contribution in [3.05, 3.63) is 72.1 Å². The summed E-state index contributed by atoms with van der Waals surface area (Å²) in [5.41, 5.74) is 6.61. The highest BCUT2D eigenvalue weighted by Crippen LogP contribution is 2.29. The molecule has 21 heavy (non-hydrogen) atoms. The van der Waals surface area contributed by atoms with Gasteiger partial charge in [0.2, 0.25) is 5.95 Å². The van der Waals surface area contributed by atoms with Crippen LogP contribution in [0.5, 0.6) is 0 Å². The monoisotopic (exact) mass is 278 g/mol. The molecular formula is C18H15FN2. The van der Waals surface area contributed by atoms with E-state index in [-0.39, 0.29) is 0 Å². The van der Waals surface area contributed by atoms with Gasteiger partial charge in [0.05, 0.1) is 0 Å². The van der Waals surface area contributed by atoms with Crippen LogP contribution < -0.4 is 0 Å². The van der Waals surface area contributed by atoms with Crippen molar-refractivity contribution in [2.45, 2.75) is 13.8 Å². The summed E-state index contributed by atoms with van der Waals surface area (Å²) in [7, 11) is 0. The largest absolute Gasteiger partial charge is 0.264 e. The molecule has 0 bridgehead atoms. The van der Waals surface area contributed by atoms with Crippen LogP contribution in [0, 0.1) is 19.8 Å². The van der Waals surface area contributed by atoms with E-state index in [1.165, 1.54) is 17.2 Å². The summed E-state index contributed by atoms with van der Waals surface area (Å²) in [6.45, 7) is 4.15. The van der Waals surface area contributed by atoms with Gasteiger partial charge >= 0.3 is 0 Å². The van der Waals surface area contributed by atoms with Crippen LogP contribution in [0.2, 0.25) is 0 Å². The number of hydrogen-bond donors (Lipinski definition) is 0. The molecule has 0 aliphatic rings. The maximum absolute atomic E-state index is 12.9. The second-order valence-corrected chi connectivity index (χ2v) is 5.09. The van der Waals surface area contributed by atoms with Gasteiger partial charge in [0.25, 0.3) is 0 Å². The van der Waals surface area contributed by atoms with E-state index in [2.05, 4.69) is 35.9 Å². The molecule has 0 amide bonds. The average Bonchev–Trinajstić information content (AvgIpc) is 2.49. The third-order valence-corrected chi connectivity index (χ3v) is 3.62. The predicted molar refractivity (Wildman–Crippen MR) is 82.3 cm³/mol. The van der Waals surface area contributed by atoms with E-state index >= 15 is 0 Å². The molecule has 0 radical (unpaired) electrons. The zero-order chi connectivity index (χ0) is 14.8. The molecule has 0 atom stereocenters. The van der Waals surface area contributed by atoms with E-state index in [4.69, 9.17) is 0 Å². The van der Waals surface area contributed by atoms with Crippen LogP contribution in [-0.2, 0) is 0 Å². The first-order chi connectivity index (χ1) is 10.1. The van der Waals surface area contributed by atoms with Crippen molar-refractivity contribution in [2.24, 2.45) is 0 Å². The van der Waals surface area contributed by atoms with Gasteiger partial charge in [-0.25, -0.2) is 4.98 Å². The van der Waals surface area contributed by atoms with Gasteiger partial charge in [-0.2, -0.15) is 4.39 Å². The SMILES string of the molecule is Cc1cc(-c2ccc(F)nc2)ccc1-c1cnccc1C. The van der Waals surface area contributed by atoms with Crippen molar-refractivity contribution in [1.82, 2.24) is 9.97 Å². The van der Waals surface area contributed by atoms with Gasteiger partial charge in [0, 0.05) is 29.7 Å². The van der Waals surface area contributed by atoms with Gasteiger partial charge in [-0.3, -0.25) is 4.98 Å². The molecular weight excluding hydrogens is 263 g/mol. The Morgan fingerprint density at radius 3 is 2.29 bits per heavy atom. The van der Waals surface area contributed by atoms with Crippen LogP contribution >= 0.6 is 0 Å². The molecule has 2 heterocycles. The summed E-state index contributed by atoms with van der Waals surface area (Å²) >= 11 is 0. The number of rotatable bonds is 2. The molecule has 3 heteroatoms. The molecule has 2 nitrogen and oxygen atoms in total. The Labute approximate surface area is 123 Å². The molecule has 3 rings (SSSR count). The molecule has 0 unspecified atom stereocenters. The second kappa shape index (κ2) is 5.44. The van der Waals surface area contributed by atoms with E-state index < -0.39 is 5.95 Å². The van der Waals surface area contributed by atoms with Gasteiger partial charge < -0.3 is 0 Å². The maximum atomic E-state index is 12.9. The van der Waals surface area contributed by atoms with Gasteiger partial charge in [-0.05, 0) is 54.3 Å². The summed E-state index contributed by atoms with van der Waals surface area (Å²) in [4.78, 5) is 7.90. The summed E-state index contributed by atoms with van der Waals surface area (Å²) < 4.78 is 12.9. The first-order valence-corrected chi connectivity index (χ1v) is 6.79. The lowest BCUT2D eigenvalue weighted by Gasteiger charge is -2.11. The van der Waals surface area contributed by atoms with Crippen molar-refractivity contribution in [2.75, 3.05) is 0 Å². The summed E-state index contributed by atoms with van der Waals surface area (Å²) in [6, 6.07) is 11.3. The smallest absolute Gasteiger partial charge is 0.212 e. The Morgan fingerprint density at radius 1 is 0.810 bits per heavy atom. The van der Waals surface area contributed by atoms with Crippen LogP contribution in [0.4, 0.5) is 4.39 Å². The van der Waals surface area contributed by atoms with Gasteiger partial charge in [-0.1, -0.05) is 18.2 Å². The number of aromatic nitrogens is 2. The molecule has 0 spiro atoms. The lowest BCUT2D eigenvalue weighted by Crippen LogP contribution is -1.90. The topological polar surface area (TPSA) is 25.8 Å². The van der Waals surface area contributed by atoms with Crippen LogP contribution in [0.25, 0.3) is 22.3 Å². The third-order valence-electron chi connectivity index (χ3n) is 3.62. The first kappa shape index (κ1) is 13.4. The van der Waals surface area contributed by atoms with E-state index in [0.717, 1.165) is 22.3 Å². The van der Waals surface area contributed by atoms with Crippen LogP contribution in [0.15, 0.2) is 55.0 Å². The molecule has 0 aliphatic heterocycles. The van der Waals surface area contributed by atoms with Gasteiger partial charge in [-0.15, -0.1) is 0 Å². The van der Waals surface area contributed by atoms with Crippen molar-refractivity contribution >= 4 is 0 Å². The fraction of sp³-hybridized carbons (Fsp3) is 0.111. The standard InChI is InChI=1S/C18H15FN2/c1-12-7-8-20-11-17(12)16-5-3-14(9-13(16)2)15-4-6-18(19)21-10-15/h3-11H,1-2H3. The Balaban J connectivity index is 2.04. The molecule has 104 valence electrons. The molecule has 3 aromatic rings. The van der Waals surface area contributed by atoms with Crippen molar-refractivity contribution in [1.29, 1.82) is 0 Å². The van der Waals surface area contributed by atoms with Crippen LogP contribution in [0.3, 0.4) is 0 Å². The highest BCUT2D eigenvalue weighted by molar-refractivity contribution is 5.74. The molecule has 0 saturated heterocycles. The molecule has 0 saturated carbocycles. The van der Waals surface area contributed by atoms with Gasteiger partial charge in [0.15, 0.2) is 0 Å². The summed E-state index contributed by atoms with van der Waals surface area (Å²) in [5, 5.41) is 0. The zero-order valence-electron chi connectivity index (χ0n) is 12.0. The lowest BCUT2D eigenvalue weighted by atomic mass is 9.95. The second-order valence-electron chi connectivity index (χ2n) is 5.09. The zero-order valence-corrected chi connectivity index (χ0v) is 12.0. The molecule has 0 N–H and O–H groups in total. The number of benzene rings is 1. The Morgan fingerprint density at radius 2 is 1.62 bits per heavy atom. The minimum atomic E-state index is -0.460. The number of aryl methyl sites for hydroxylation is 2. The van der Waals surface area contributed by atoms with E-state index in [0.29, 0.717) is 0 Å². The van der Waals surface area contributed by atoms with Crippen LogP contribution in [0.1, 0.15) is 11.1 Å². The Kier molecular flexibility index (Phi) is 3.48. The van der Waals surface area contributed by atoms with E-state index in [9.17, 15) is 4.39 Å². The highest BCUT2D eigenvalue weighted by atomic mass is 19.1. The quantitative estimate of drug-likeness (QED) is 0.642. The molecule has 0 aliphatic carbocycles. The summed E-state index contributed by atoms with van der Waals surface area (Å²) in [5.74, 6) is -0.460. The first-order valence-electron chi connectivity index (χ1n) is 6.79. The van der Waals surface area contributed by atoms with E-state index in [1.54, 1.807) is 18.5 Å². The number of pyridine rings is 2. The van der Waals surface area contributed by atoms with Crippen molar-refractivity contribution in [3.8, 4) is 22.3 Å². The minimum absolute atomic E-state index is 0.460. The van der Waals surface area contributed by atoms with Gasteiger partial charge in [0.1, 0.15) is 0 Å². The molecule has 0 fully saturated rings. The fourth-order valence-electron chi connectivity index (χ4n) is 2.44. The number of halogens is 1. The Hall–Kier alpha value is -2.55. The lowest BCUT2D eigenvalue weighted by molar-refractivity contribution is 0.584. The minimum Gasteiger partial charge on any atom is -0.264 e. The predicted octanol–water partition coefficient (Wildman–Crippen LogP) is 4.57. The number of hydrogen-bond acceptors (Lipinski definition) is 2. The van der Waals surface area contributed by atoms with E-state index in [1.807, 2.05) is 18.3 Å². The summed E-state index contributed by atoms with van der Waals surface area (Å²) in [6.07, 6.45) is 5.24. The molecule has 1 aromatic carbocycles. The fourth-order valence-corrected chi connectivity index (χ4v) is 2.44. The molecule has 2 aromatic heterocycles. The van der Waals surface area contributed by atoms with Crippen molar-refractivity contribution < 1.29 is 4.39 Å².